The molecule has 0 radical (unpaired) electrons. The van der Waals surface area contributed by atoms with E-state index in [9.17, 15) is 4.57 Å². The summed E-state index contributed by atoms with van der Waals surface area (Å²) in [5, 5.41) is 0. The average molecular weight is 213 g/mol. The number of benzene rings is 1. The largest absolute Gasteiger partial charge is 0.330 e. The molecular formula is C10H16NO2P. The first-order valence-corrected chi connectivity index (χ1v) is 6.85. The third-order valence-corrected chi connectivity index (χ3v) is 3.63. The Hall–Kier alpha value is -0.630. The fourth-order valence-corrected chi connectivity index (χ4v) is 2.10. The molecule has 0 aromatic heterocycles. The molecule has 0 fully saturated rings. The highest BCUT2D eigenvalue weighted by Crippen LogP contribution is 2.42. The molecule has 2 N–H and O–H groups in total. The van der Waals surface area contributed by atoms with Crippen LogP contribution in [0.1, 0.15) is 5.56 Å². The van der Waals surface area contributed by atoms with Gasteiger partial charge in [-0.1, -0.05) is 30.3 Å². The van der Waals surface area contributed by atoms with Gasteiger partial charge in [-0.25, -0.2) is 0 Å². The van der Waals surface area contributed by atoms with Crippen molar-refractivity contribution in [3.8, 4) is 0 Å². The summed E-state index contributed by atoms with van der Waals surface area (Å²) in [5.74, 6) is 0. The Morgan fingerprint density at radius 1 is 1.36 bits per heavy atom. The first kappa shape index (κ1) is 11.4. The van der Waals surface area contributed by atoms with Crippen LogP contribution in [0.25, 0.3) is 0 Å². The lowest BCUT2D eigenvalue weighted by molar-refractivity contribution is 0.306. The summed E-state index contributed by atoms with van der Waals surface area (Å²) in [7, 11) is -2.48. The van der Waals surface area contributed by atoms with Crippen molar-refractivity contribution in [2.75, 3.05) is 19.4 Å². The normalized spacial score (nSPS) is 15.0. The predicted octanol–water partition coefficient (Wildman–Crippen LogP) is 2.07. The van der Waals surface area contributed by atoms with Crippen molar-refractivity contribution in [1.82, 2.24) is 0 Å². The van der Waals surface area contributed by atoms with Gasteiger partial charge in [0.25, 0.3) is 0 Å². The Bertz CT molecular complexity index is 313. The maximum Gasteiger partial charge on any atom is 0.201 e. The molecule has 0 aliphatic carbocycles. The molecule has 0 saturated heterocycles. The molecule has 1 rings (SSSR count). The minimum Gasteiger partial charge on any atom is -0.330 e. The van der Waals surface area contributed by atoms with E-state index in [4.69, 9.17) is 10.3 Å². The van der Waals surface area contributed by atoms with Crippen molar-refractivity contribution in [1.29, 1.82) is 0 Å². The zero-order valence-corrected chi connectivity index (χ0v) is 9.24. The van der Waals surface area contributed by atoms with Gasteiger partial charge in [0.1, 0.15) is 0 Å². The summed E-state index contributed by atoms with van der Waals surface area (Å²) in [5.41, 5.74) is 6.37. The van der Waals surface area contributed by atoms with E-state index in [0.717, 1.165) is 5.56 Å². The van der Waals surface area contributed by atoms with Gasteiger partial charge in [0.05, 0.1) is 6.61 Å². The molecule has 0 spiro atoms. The van der Waals surface area contributed by atoms with Gasteiger partial charge in [0.2, 0.25) is 7.37 Å². The standard InChI is InChI=1S/C10H16NO2P/c1-14(12,8-7-11)13-9-10-5-3-2-4-6-10/h2-6H,7-9,11H2,1H3. The van der Waals surface area contributed by atoms with Gasteiger partial charge in [0, 0.05) is 19.4 Å². The van der Waals surface area contributed by atoms with Gasteiger partial charge in [-0.3, -0.25) is 4.57 Å². The predicted molar refractivity (Wildman–Crippen MR) is 58.7 cm³/mol. The summed E-state index contributed by atoms with van der Waals surface area (Å²) < 4.78 is 17.0. The molecule has 0 saturated carbocycles. The molecule has 0 aliphatic rings. The van der Waals surface area contributed by atoms with Crippen LogP contribution < -0.4 is 5.73 Å². The van der Waals surface area contributed by atoms with Crippen LogP contribution in [0.3, 0.4) is 0 Å². The summed E-state index contributed by atoms with van der Waals surface area (Å²) in [6, 6.07) is 9.70. The minimum atomic E-state index is -2.48. The molecule has 0 heterocycles. The molecular weight excluding hydrogens is 197 g/mol. The van der Waals surface area contributed by atoms with Crippen LogP contribution in [0, 0.1) is 0 Å². The average Bonchev–Trinajstić information content (AvgIpc) is 2.17. The maximum atomic E-state index is 11.7. The van der Waals surface area contributed by atoms with E-state index < -0.39 is 7.37 Å². The topological polar surface area (TPSA) is 52.3 Å². The quantitative estimate of drug-likeness (QED) is 0.762. The highest BCUT2D eigenvalue weighted by atomic mass is 31.2. The van der Waals surface area contributed by atoms with Crippen molar-refractivity contribution in [2.24, 2.45) is 5.73 Å². The molecule has 1 aromatic carbocycles. The minimum absolute atomic E-state index is 0.397. The molecule has 1 atom stereocenters. The summed E-state index contributed by atoms with van der Waals surface area (Å²) >= 11 is 0. The maximum absolute atomic E-state index is 11.7. The smallest absolute Gasteiger partial charge is 0.201 e. The summed E-state index contributed by atoms with van der Waals surface area (Å²) in [4.78, 5) is 0. The summed E-state index contributed by atoms with van der Waals surface area (Å²) in [6.07, 6.45) is 0.444. The lowest BCUT2D eigenvalue weighted by Crippen LogP contribution is -2.06. The second-order valence-electron chi connectivity index (χ2n) is 3.29. The van der Waals surface area contributed by atoms with Crippen LogP contribution in [0.2, 0.25) is 0 Å². The molecule has 3 nitrogen and oxygen atoms in total. The van der Waals surface area contributed by atoms with Crippen LogP contribution in [0.4, 0.5) is 0 Å². The van der Waals surface area contributed by atoms with Crippen LogP contribution in [0.5, 0.6) is 0 Å². The van der Waals surface area contributed by atoms with Gasteiger partial charge < -0.3 is 10.3 Å². The fraction of sp³-hybridized carbons (Fsp3) is 0.400. The summed E-state index contributed by atoms with van der Waals surface area (Å²) in [6.45, 7) is 2.43. The zero-order chi connectivity index (χ0) is 10.4. The van der Waals surface area contributed by atoms with Gasteiger partial charge in [-0.05, 0) is 5.56 Å². The second kappa shape index (κ2) is 5.30. The van der Waals surface area contributed by atoms with E-state index >= 15 is 0 Å². The zero-order valence-electron chi connectivity index (χ0n) is 8.35. The van der Waals surface area contributed by atoms with Crippen molar-refractivity contribution >= 4 is 7.37 Å². The molecule has 0 bridgehead atoms. The van der Waals surface area contributed by atoms with E-state index in [2.05, 4.69) is 0 Å². The monoisotopic (exact) mass is 213 g/mol. The molecule has 4 heteroatoms. The van der Waals surface area contributed by atoms with Crippen LogP contribution in [-0.2, 0) is 15.7 Å². The van der Waals surface area contributed by atoms with Gasteiger partial charge in [-0.2, -0.15) is 0 Å². The Balaban J connectivity index is 2.45. The van der Waals surface area contributed by atoms with Crippen LogP contribution >= 0.6 is 7.37 Å². The van der Waals surface area contributed by atoms with E-state index in [0.29, 0.717) is 19.3 Å². The third-order valence-electron chi connectivity index (χ3n) is 1.88. The molecule has 0 amide bonds. The van der Waals surface area contributed by atoms with Gasteiger partial charge in [-0.15, -0.1) is 0 Å². The van der Waals surface area contributed by atoms with Crippen LogP contribution in [0.15, 0.2) is 30.3 Å². The first-order chi connectivity index (χ1) is 6.64. The molecule has 78 valence electrons. The van der Waals surface area contributed by atoms with E-state index in [1.165, 1.54) is 0 Å². The highest BCUT2D eigenvalue weighted by molar-refractivity contribution is 7.58. The lowest BCUT2D eigenvalue weighted by atomic mass is 10.2. The van der Waals surface area contributed by atoms with Crippen LogP contribution in [-0.4, -0.2) is 19.4 Å². The number of hydrogen-bond acceptors (Lipinski definition) is 3. The van der Waals surface area contributed by atoms with E-state index in [1.807, 2.05) is 30.3 Å². The third kappa shape index (κ3) is 4.05. The van der Waals surface area contributed by atoms with Gasteiger partial charge in [0.15, 0.2) is 0 Å². The lowest BCUT2D eigenvalue weighted by Gasteiger charge is -2.12. The Kier molecular flexibility index (Phi) is 4.33. The van der Waals surface area contributed by atoms with Crippen molar-refractivity contribution in [2.45, 2.75) is 6.61 Å². The molecule has 1 aromatic rings. The highest BCUT2D eigenvalue weighted by Gasteiger charge is 2.13. The number of rotatable bonds is 5. The Morgan fingerprint density at radius 2 is 2.00 bits per heavy atom. The van der Waals surface area contributed by atoms with E-state index in [1.54, 1.807) is 6.66 Å². The number of hydrogen-bond donors (Lipinski definition) is 1. The number of nitrogens with two attached hydrogens (primary N) is 1. The van der Waals surface area contributed by atoms with Crippen molar-refractivity contribution < 1.29 is 9.09 Å². The SMILES string of the molecule is CP(=O)(CCN)OCc1ccccc1. The second-order valence-corrected chi connectivity index (χ2v) is 6.02. The fourth-order valence-electron chi connectivity index (χ4n) is 1.08. The molecule has 1 unspecified atom stereocenters. The first-order valence-electron chi connectivity index (χ1n) is 4.59. The van der Waals surface area contributed by atoms with Crippen molar-refractivity contribution in [3.05, 3.63) is 35.9 Å². The molecule has 0 aliphatic heterocycles. The van der Waals surface area contributed by atoms with Crippen molar-refractivity contribution in [3.63, 3.8) is 0 Å². The van der Waals surface area contributed by atoms with Gasteiger partial charge >= 0.3 is 0 Å². The Labute approximate surface area is 84.7 Å². The van der Waals surface area contributed by atoms with E-state index in [-0.39, 0.29) is 0 Å². The molecule has 14 heavy (non-hydrogen) atoms. The Morgan fingerprint density at radius 3 is 2.57 bits per heavy atom.